The number of nitrogens with one attached hydrogen (secondary N) is 1. The largest absolute Gasteiger partial charge is 0.340 e. The highest BCUT2D eigenvalue weighted by atomic mass is 16.5. The molecule has 5 nitrogen and oxygen atoms in total. The van der Waals surface area contributed by atoms with Gasteiger partial charge in [0.25, 0.3) is 0 Å². The van der Waals surface area contributed by atoms with E-state index in [9.17, 15) is 0 Å². The average Bonchev–Trinajstić information content (AvgIpc) is 2.65. The van der Waals surface area contributed by atoms with Gasteiger partial charge < -0.3 is 9.84 Å². The molecular formula is C10H18N4O. The van der Waals surface area contributed by atoms with Crippen LogP contribution >= 0.6 is 0 Å². The Morgan fingerprint density at radius 2 is 2.20 bits per heavy atom. The van der Waals surface area contributed by atoms with Crippen LogP contribution in [0.2, 0.25) is 0 Å². The first-order chi connectivity index (χ1) is 7.25. The van der Waals surface area contributed by atoms with E-state index in [0.717, 1.165) is 25.5 Å². The molecule has 0 amide bonds. The van der Waals surface area contributed by atoms with Crippen molar-refractivity contribution in [2.45, 2.75) is 32.4 Å². The molecule has 1 aromatic rings. The summed E-state index contributed by atoms with van der Waals surface area (Å²) in [6.07, 6.45) is 2.40. The van der Waals surface area contributed by atoms with Crippen LogP contribution in [0.4, 0.5) is 0 Å². The predicted octanol–water partition coefficient (Wildman–Crippen LogP) is 0.562. The quantitative estimate of drug-likeness (QED) is 0.790. The number of aromatic nitrogens is 2. The maximum absolute atomic E-state index is 4.95. The molecule has 0 spiro atoms. The van der Waals surface area contributed by atoms with Crippen molar-refractivity contribution in [3.63, 3.8) is 0 Å². The fourth-order valence-corrected chi connectivity index (χ4v) is 2.01. The summed E-state index contributed by atoms with van der Waals surface area (Å²) in [4.78, 5) is 6.52. The number of rotatable bonds is 3. The van der Waals surface area contributed by atoms with Gasteiger partial charge in [0.1, 0.15) is 0 Å². The Labute approximate surface area is 89.8 Å². The van der Waals surface area contributed by atoms with Crippen molar-refractivity contribution < 1.29 is 4.52 Å². The molecular weight excluding hydrogens is 192 g/mol. The van der Waals surface area contributed by atoms with Gasteiger partial charge in [-0.05, 0) is 33.0 Å². The molecule has 1 aliphatic heterocycles. The molecule has 2 rings (SSSR count). The van der Waals surface area contributed by atoms with E-state index in [2.05, 4.69) is 27.4 Å². The zero-order valence-electron chi connectivity index (χ0n) is 9.36. The highest BCUT2D eigenvalue weighted by Crippen LogP contribution is 2.12. The molecule has 84 valence electrons. The Hall–Kier alpha value is -0.940. The van der Waals surface area contributed by atoms with Gasteiger partial charge in [0, 0.05) is 13.0 Å². The Kier molecular flexibility index (Phi) is 3.33. The van der Waals surface area contributed by atoms with Crippen LogP contribution < -0.4 is 5.32 Å². The third-order valence-electron chi connectivity index (χ3n) is 2.89. The van der Waals surface area contributed by atoms with Crippen LogP contribution in [0.5, 0.6) is 0 Å². The lowest BCUT2D eigenvalue weighted by atomic mass is 10.1. The van der Waals surface area contributed by atoms with Crippen molar-refractivity contribution in [2.75, 3.05) is 20.1 Å². The van der Waals surface area contributed by atoms with Crippen LogP contribution in [0.25, 0.3) is 0 Å². The summed E-state index contributed by atoms with van der Waals surface area (Å²) in [7, 11) is 2.13. The van der Waals surface area contributed by atoms with Gasteiger partial charge in [-0.25, -0.2) is 0 Å². The smallest absolute Gasteiger partial charge is 0.223 e. The molecule has 1 N–H and O–H groups in total. The molecule has 1 aliphatic rings. The summed E-state index contributed by atoms with van der Waals surface area (Å²) in [6, 6.07) is 0.644. The van der Waals surface area contributed by atoms with Gasteiger partial charge in [0.05, 0.1) is 6.54 Å². The SMILES string of the molecule is Cc1nc(CN(C)C2CCNCC2)no1. The Morgan fingerprint density at radius 3 is 2.80 bits per heavy atom. The van der Waals surface area contributed by atoms with Crippen molar-refractivity contribution in [1.82, 2.24) is 20.4 Å². The monoisotopic (exact) mass is 210 g/mol. The molecule has 0 unspecified atom stereocenters. The van der Waals surface area contributed by atoms with E-state index in [0.29, 0.717) is 11.9 Å². The number of aryl methyl sites for hydroxylation is 1. The maximum atomic E-state index is 4.95. The van der Waals surface area contributed by atoms with Crippen LogP contribution in [0, 0.1) is 6.92 Å². The van der Waals surface area contributed by atoms with Gasteiger partial charge >= 0.3 is 0 Å². The van der Waals surface area contributed by atoms with E-state index in [1.807, 2.05) is 6.92 Å². The first-order valence-electron chi connectivity index (χ1n) is 5.46. The third kappa shape index (κ3) is 2.76. The Morgan fingerprint density at radius 1 is 1.47 bits per heavy atom. The second kappa shape index (κ2) is 4.72. The second-order valence-corrected chi connectivity index (χ2v) is 4.13. The van der Waals surface area contributed by atoms with Crippen LogP contribution in [-0.2, 0) is 6.54 Å². The number of nitrogens with zero attached hydrogens (tertiary/aromatic N) is 3. The summed E-state index contributed by atoms with van der Waals surface area (Å²) >= 11 is 0. The molecule has 1 fully saturated rings. The minimum atomic E-state index is 0.642. The highest BCUT2D eigenvalue weighted by molar-refractivity contribution is 4.86. The first kappa shape index (κ1) is 10.6. The molecule has 1 aromatic heterocycles. The molecule has 0 saturated carbocycles. The van der Waals surface area contributed by atoms with E-state index in [1.165, 1.54) is 12.8 Å². The van der Waals surface area contributed by atoms with Gasteiger partial charge in [-0.1, -0.05) is 5.16 Å². The number of hydrogen-bond donors (Lipinski definition) is 1. The molecule has 1 saturated heterocycles. The zero-order valence-corrected chi connectivity index (χ0v) is 9.36. The minimum absolute atomic E-state index is 0.642. The summed E-state index contributed by atoms with van der Waals surface area (Å²) in [5.41, 5.74) is 0. The fourth-order valence-electron chi connectivity index (χ4n) is 2.01. The number of hydrogen-bond acceptors (Lipinski definition) is 5. The summed E-state index contributed by atoms with van der Waals surface area (Å²) < 4.78 is 4.95. The fraction of sp³-hybridized carbons (Fsp3) is 0.800. The van der Waals surface area contributed by atoms with Crippen molar-refractivity contribution in [3.8, 4) is 0 Å². The van der Waals surface area contributed by atoms with E-state index in [1.54, 1.807) is 0 Å². The molecule has 15 heavy (non-hydrogen) atoms. The van der Waals surface area contributed by atoms with Crippen molar-refractivity contribution in [2.24, 2.45) is 0 Å². The van der Waals surface area contributed by atoms with Crippen LogP contribution in [-0.4, -0.2) is 41.2 Å². The normalized spacial score (nSPS) is 18.6. The number of piperidine rings is 1. The lowest BCUT2D eigenvalue weighted by Crippen LogP contribution is -2.40. The lowest BCUT2D eigenvalue weighted by molar-refractivity contribution is 0.186. The first-order valence-corrected chi connectivity index (χ1v) is 5.46. The van der Waals surface area contributed by atoms with Gasteiger partial charge in [-0.15, -0.1) is 0 Å². The molecule has 5 heteroatoms. The van der Waals surface area contributed by atoms with Crippen LogP contribution in [0.3, 0.4) is 0 Å². The summed E-state index contributed by atoms with van der Waals surface area (Å²) in [5, 5.41) is 7.27. The van der Waals surface area contributed by atoms with Gasteiger partial charge in [0.2, 0.25) is 5.89 Å². The maximum Gasteiger partial charge on any atom is 0.223 e. The zero-order chi connectivity index (χ0) is 10.7. The molecule has 0 radical (unpaired) electrons. The van der Waals surface area contributed by atoms with Crippen molar-refractivity contribution in [3.05, 3.63) is 11.7 Å². The van der Waals surface area contributed by atoms with Gasteiger partial charge in [-0.3, -0.25) is 4.90 Å². The molecule has 0 atom stereocenters. The van der Waals surface area contributed by atoms with Crippen molar-refractivity contribution in [1.29, 1.82) is 0 Å². The van der Waals surface area contributed by atoms with Crippen molar-refractivity contribution >= 4 is 0 Å². The third-order valence-corrected chi connectivity index (χ3v) is 2.89. The van der Waals surface area contributed by atoms with E-state index < -0.39 is 0 Å². The van der Waals surface area contributed by atoms with Gasteiger partial charge in [-0.2, -0.15) is 4.98 Å². The Balaban J connectivity index is 1.88. The standard InChI is InChI=1S/C10H18N4O/c1-8-12-10(13-15-8)7-14(2)9-3-5-11-6-4-9/h9,11H,3-7H2,1-2H3. The highest BCUT2D eigenvalue weighted by Gasteiger charge is 2.19. The second-order valence-electron chi connectivity index (χ2n) is 4.13. The molecule has 2 heterocycles. The summed E-state index contributed by atoms with van der Waals surface area (Å²) in [6.45, 7) is 4.82. The van der Waals surface area contributed by atoms with E-state index in [-0.39, 0.29) is 0 Å². The lowest BCUT2D eigenvalue weighted by Gasteiger charge is -2.30. The summed E-state index contributed by atoms with van der Waals surface area (Å²) in [5.74, 6) is 1.43. The molecule has 0 aliphatic carbocycles. The minimum Gasteiger partial charge on any atom is -0.340 e. The topological polar surface area (TPSA) is 54.2 Å². The predicted molar refractivity (Wildman–Crippen MR) is 56.4 cm³/mol. The molecule has 0 aromatic carbocycles. The Bertz CT molecular complexity index is 306. The van der Waals surface area contributed by atoms with Gasteiger partial charge in [0.15, 0.2) is 5.82 Å². The van der Waals surface area contributed by atoms with Crippen LogP contribution in [0.15, 0.2) is 4.52 Å². The van der Waals surface area contributed by atoms with E-state index in [4.69, 9.17) is 4.52 Å². The van der Waals surface area contributed by atoms with Crippen LogP contribution in [0.1, 0.15) is 24.6 Å². The average molecular weight is 210 g/mol. The molecule has 0 bridgehead atoms. The van der Waals surface area contributed by atoms with E-state index >= 15 is 0 Å².